The van der Waals surface area contributed by atoms with E-state index in [-0.39, 0.29) is 0 Å². The zero-order chi connectivity index (χ0) is 14.3. The fourth-order valence-electron chi connectivity index (χ4n) is 1.64. The normalized spacial score (nSPS) is 11.3. The van der Waals surface area contributed by atoms with E-state index in [0.29, 0.717) is 6.10 Å². The summed E-state index contributed by atoms with van der Waals surface area (Å²) < 4.78 is 5.57. The van der Waals surface area contributed by atoms with E-state index in [1.54, 1.807) is 11.3 Å². The summed E-state index contributed by atoms with van der Waals surface area (Å²) in [5.41, 5.74) is 1.14. The molecule has 19 heavy (non-hydrogen) atoms. The maximum atomic E-state index is 5.57. The summed E-state index contributed by atoms with van der Waals surface area (Å²) in [6.45, 7) is 12.0. The van der Waals surface area contributed by atoms with Crippen molar-refractivity contribution in [2.45, 2.75) is 46.8 Å². The molecule has 1 aromatic rings. The van der Waals surface area contributed by atoms with Crippen LogP contribution >= 0.6 is 11.3 Å². The second-order valence-electron chi connectivity index (χ2n) is 5.02. The first-order chi connectivity index (χ1) is 9.04. The number of aryl methyl sites for hydroxylation is 1. The Labute approximate surface area is 121 Å². The molecule has 0 aliphatic rings. The molecule has 110 valence electrons. The first-order valence-electron chi connectivity index (χ1n) is 7.04. The Morgan fingerprint density at radius 1 is 1.42 bits per heavy atom. The summed E-state index contributed by atoms with van der Waals surface area (Å²) >= 11 is 1.77. The summed E-state index contributed by atoms with van der Waals surface area (Å²) in [7, 11) is 2.07. The van der Waals surface area contributed by atoms with E-state index in [2.05, 4.69) is 49.9 Å². The Kier molecular flexibility index (Phi) is 7.34. The Balaban J connectivity index is 2.46. The molecule has 1 aromatic heterocycles. The molecule has 0 radical (unpaired) electrons. The molecule has 0 bridgehead atoms. The van der Waals surface area contributed by atoms with Gasteiger partial charge in [0.2, 0.25) is 0 Å². The predicted octanol–water partition coefficient (Wildman–Crippen LogP) is 2.81. The molecule has 0 aliphatic carbocycles. The highest BCUT2D eigenvalue weighted by Crippen LogP contribution is 2.24. The number of anilines is 1. The van der Waals surface area contributed by atoms with Crippen molar-refractivity contribution in [1.29, 1.82) is 0 Å². The fourth-order valence-corrected chi connectivity index (χ4v) is 2.66. The Hall–Kier alpha value is -0.650. The average molecular weight is 285 g/mol. The molecular formula is C14H27N3OS. The van der Waals surface area contributed by atoms with Gasteiger partial charge in [-0.15, -0.1) is 11.3 Å². The van der Waals surface area contributed by atoms with E-state index in [1.165, 1.54) is 4.88 Å². The number of aromatic nitrogens is 1. The van der Waals surface area contributed by atoms with Crippen molar-refractivity contribution < 1.29 is 4.74 Å². The monoisotopic (exact) mass is 285 g/mol. The zero-order valence-electron chi connectivity index (χ0n) is 12.8. The molecule has 0 amide bonds. The summed E-state index contributed by atoms with van der Waals surface area (Å²) in [5.74, 6) is 0. The van der Waals surface area contributed by atoms with Crippen molar-refractivity contribution in [2.24, 2.45) is 0 Å². The number of hydrogen-bond acceptors (Lipinski definition) is 5. The highest BCUT2D eigenvalue weighted by molar-refractivity contribution is 7.15. The third-order valence-electron chi connectivity index (χ3n) is 2.80. The number of ether oxygens (including phenoxy) is 1. The number of thiazole rings is 1. The molecular weight excluding hydrogens is 258 g/mol. The maximum Gasteiger partial charge on any atom is 0.185 e. The van der Waals surface area contributed by atoms with Crippen LogP contribution in [-0.2, 0) is 11.3 Å². The van der Waals surface area contributed by atoms with Gasteiger partial charge in [0.1, 0.15) is 0 Å². The molecule has 0 unspecified atom stereocenters. The Morgan fingerprint density at radius 2 is 2.16 bits per heavy atom. The minimum absolute atomic E-state index is 0.292. The minimum atomic E-state index is 0.292. The van der Waals surface area contributed by atoms with Crippen LogP contribution in [0.5, 0.6) is 0 Å². The van der Waals surface area contributed by atoms with Crippen LogP contribution in [0.2, 0.25) is 0 Å². The second kappa shape index (κ2) is 8.51. The molecule has 5 heteroatoms. The zero-order valence-corrected chi connectivity index (χ0v) is 13.6. The van der Waals surface area contributed by atoms with Crippen LogP contribution in [0.3, 0.4) is 0 Å². The topological polar surface area (TPSA) is 37.4 Å². The van der Waals surface area contributed by atoms with Crippen LogP contribution < -0.4 is 10.2 Å². The van der Waals surface area contributed by atoms with Crippen molar-refractivity contribution in [3.8, 4) is 0 Å². The Bertz CT molecular complexity index is 366. The number of likely N-dealkylation sites (N-methyl/N-ethyl adjacent to an activating group) is 1. The van der Waals surface area contributed by atoms with Crippen molar-refractivity contribution in [3.63, 3.8) is 0 Å². The first kappa shape index (κ1) is 16.4. The van der Waals surface area contributed by atoms with E-state index >= 15 is 0 Å². The van der Waals surface area contributed by atoms with Crippen LogP contribution in [0, 0.1) is 6.92 Å². The van der Waals surface area contributed by atoms with Gasteiger partial charge in [0.25, 0.3) is 0 Å². The van der Waals surface area contributed by atoms with Gasteiger partial charge in [0.05, 0.1) is 18.4 Å². The van der Waals surface area contributed by atoms with E-state index in [1.807, 2.05) is 0 Å². The second-order valence-corrected chi connectivity index (χ2v) is 6.08. The lowest BCUT2D eigenvalue weighted by Crippen LogP contribution is -2.23. The lowest BCUT2D eigenvalue weighted by Gasteiger charge is -2.16. The van der Waals surface area contributed by atoms with Gasteiger partial charge in [0.15, 0.2) is 5.13 Å². The van der Waals surface area contributed by atoms with Crippen LogP contribution in [0.25, 0.3) is 0 Å². The van der Waals surface area contributed by atoms with E-state index in [9.17, 15) is 0 Å². The minimum Gasteiger partial charge on any atom is -0.377 e. The first-order valence-corrected chi connectivity index (χ1v) is 7.86. The Morgan fingerprint density at radius 3 is 2.79 bits per heavy atom. The van der Waals surface area contributed by atoms with Gasteiger partial charge in [-0.3, -0.25) is 0 Å². The molecule has 4 nitrogen and oxygen atoms in total. The molecule has 0 fully saturated rings. The van der Waals surface area contributed by atoms with Gasteiger partial charge in [-0.2, -0.15) is 0 Å². The summed E-state index contributed by atoms with van der Waals surface area (Å²) in [5, 5.41) is 4.51. The number of hydrogen-bond donors (Lipinski definition) is 1. The highest BCUT2D eigenvalue weighted by Gasteiger charge is 2.10. The molecule has 1 heterocycles. The smallest absolute Gasteiger partial charge is 0.185 e. The SMILES string of the molecule is CCCNCc1sc(N(C)CCOC(C)C)nc1C. The third kappa shape index (κ3) is 5.89. The van der Waals surface area contributed by atoms with Gasteiger partial charge < -0.3 is 15.0 Å². The summed E-state index contributed by atoms with van der Waals surface area (Å²) in [6.07, 6.45) is 1.46. The number of rotatable bonds is 9. The molecule has 0 aliphatic heterocycles. The van der Waals surface area contributed by atoms with Crippen LogP contribution in [0.15, 0.2) is 0 Å². The van der Waals surface area contributed by atoms with Gasteiger partial charge in [-0.1, -0.05) is 6.92 Å². The molecule has 0 atom stereocenters. The van der Waals surface area contributed by atoms with Crippen molar-refractivity contribution in [3.05, 3.63) is 10.6 Å². The lowest BCUT2D eigenvalue weighted by molar-refractivity contribution is 0.0846. The van der Waals surface area contributed by atoms with Crippen molar-refractivity contribution >= 4 is 16.5 Å². The quantitative estimate of drug-likeness (QED) is 0.708. The third-order valence-corrected chi connectivity index (χ3v) is 4.07. The summed E-state index contributed by atoms with van der Waals surface area (Å²) in [4.78, 5) is 8.14. The summed E-state index contributed by atoms with van der Waals surface area (Å²) in [6, 6.07) is 0. The predicted molar refractivity (Wildman–Crippen MR) is 83.2 cm³/mol. The van der Waals surface area contributed by atoms with Crippen LogP contribution in [-0.4, -0.2) is 37.8 Å². The molecule has 0 saturated carbocycles. The molecule has 0 saturated heterocycles. The van der Waals surface area contributed by atoms with Gasteiger partial charge >= 0.3 is 0 Å². The van der Waals surface area contributed by atoms with Gasteiger partial charge in [-0.25, -0.2) is 4.98 Å². The lowest BCUT2D eigenvalue weighted by atomic mass is 10.4. The molecule has 0 spiro atoms. The van der Waals surface area contributed by atoms with Crippen LogP contribution in [0.4, 0.5) is 5.13 Å². The molecule has 0 aromatic carbocycles. The standard InChI is InChI=1S/C14H27N3OS/c1-6-7-15-10-13-12(4)16-14(19-13)17(5)8-9-18-11(2)3/h11,15H,6-10H2,1-5H3. The number of nitrogens with one attached hydrogen (secondary N) is 1. The van der Waals surface area contributed by atoms with E-state index < -0.39 is 0 Å². The highest BCUT2D eigenvalue weighted by atomic mass is 32.1. The van der Waals surface area contributed by atoms with Crippen molar-refractivity contribution in [2.75, 3.05) is 31.6 Å². The van der Waals surface area contributed by atoms with Gasteiger partial charge in [0, 0.05) is 25.0 Å². The largest absolute Gasteiger partial charge is 0.377 e. The molecule has 1 N–H and O–H groups in total. The number of nitrogens with zero attached hydrogens (tertiary/aromatic N) is 2. The van der Waals surface area contributed by atoms with Crippen molar-refractivity contribution in [1.82, 2.24) is 10.3 Å². The molecule has 1 rings (SSSR count). The van der Waals surface area contributed by atoms with Crippen LogP contribution in [0.1, 0.15) is 37.8 Å². The van der Waals surface area contributed by atoms with E-state index in [0.717, 1.165) is 43.5 Å². The average Bonchev–Trinajstić information content (AvgIpc) is 2.71. The maximum absolute atomic E-state index is 5.57. The fraction of sp³-hybridized carbons (Fsp3) is 0.786. The van der Waals surface area contributed by atoms with Gasteiger partial charge in [-0.05, 0) is 33.7 Å². The van der Waals surface area contributed by atoms with E-state index in [4.69, 9.17) is 4.74 Å².